The second-order valence-electron chi connectivity index (χ2n) is 5.82. The molecule has 1 aliphatic heterocycles. The topological polar surface area (TPSA) is 75.7 Å². The van der Waals surface area contributed by atoms with Gasteiger partial charge in [-0.1, -0.05) is 0 Å². The summed E-state index contributed by atoms with van der Waals surface area (Å²) in [5.41, 5.74) is -0.572. The number of likely N-dealkylation sites (tertiary alicyclic amines) is 1. The van der Waals surface area contributed by atoms with Crippen molar-refractivity contribution in [1.29, 1.82) is 0 Å². The zero-order chi connectivity index (χ0) is 15.3. The van der Waals surface area contributed by atoms with Crippen molar-refractivity contribution in [3.8, 4) is 0 Å². The number of hydrogen-bond acceptors (Lipinski definition) is 4. The van der Waals surface area contributed by atoms with Crippen molar-refractivity contribution < 1.29 is 19.1 Å². The summed E-state index contributed by atoms with van der Waals surface area (Å²) in [7, 11) is 0. The Labute approximate surface area is 123 Å². The van der Waals surface area contributed by atoms with Gasteiger partial charge in [-0.25, -0.2) is 4.79 Å². The third-order valence-electron chi connectivity index (χ3n) is 2.95. The van der Waals surface area contributed by atoms with Gasteiger partial charge in [0.2, 0.25) is 5.91 Å². The highest BCUT2D eigenvalue weighted by Crippen LogP contribution is 2.18. The molecule has 1 aliphatic rings. The maximum Gasteiger partial charge on any atom is 0.410 e. The molecule has 7 heteroatoms. The highest BCUT2D eigenvalue weighted by molar-refractivity contribution is 6.27. The SMILES string of the molecule is CC(C)(C)OC(=O)N1CCC(NC(=O)CCl)C(C=O)C1. The summed E-state index contributed by atoms with van der Waals surface area (Å²) in [6.07, 6.45) is 0.826. The van der Waals surface area contributed by atoms with Crippen LogP contribution in [0.4, 0.5) is 4.79 Å². The van der Waals surface area contributed by atoms with Crippen LogP contribution in [0.15, 0.2) is 0 Å². The molecule has 0 bridgehead atoms. The molecule has 20 heavy (non-hydrogen) atoms. The van der Waals surface area contributed by atoms with E-state index in [4.69, 9.17) is 16.3 Å². The van der Waals surface area contributed by atoms with E-state index in [-0.39, 0.29) is 24.4 Å². The molecule has 114 valence electrons. The van der Waals surface area contributed by atoms with E-state index in [0.717, 1.165) is 6.29 Å². The quantitative estimate of drug-likeness (QED) is 0.627. The summed E-state index contributed by atoms with van der Waals surface area (Å²) in [5, 5.41) is 2.70. The molecule has 2 unspecified atom stereocenters. The van der Waals surface area contributed by atoms with Gasteiger partial charge in [0, 0.05) is 19.1 Å². The van der Waals surface area contributed by atoms with Crippen molar-refractivity contribution in [2.75, 3.05) is 19.0 Å². The Morgan fingerprint density at radius 1 is 1.45 bits per heavy atom. The van der Waals surface area contributed by atoms with Crippen LogP contribution >= 0.6 is 11.6 Å². The molecular weight excluding hydrogens is 284 g/mol. The summed E-state index contributed by atoms with van der Waals surface area (Å²) < 4.78 is 5.27. The lowest BCUT2D eigenvalue weighted by molar-refractivity contribution is -0.121. The van der Waals surface area contributed by atoms with Gasteiger partial charge in [0.05, 0.1) is 5.92 Å². The van der Waals surface area contributed by atoms with Crippen LogP contribution in [-0.2, 0) is 14.3 Å². The van der Waals surface area contributed by atoms with Gasteiger partial charge in [-0.2, -0.15) is 0 Å². The van der Waals surface area contributed by atoms with Gasteiger partial charge in [0.25, 0.3) is 0 Å². The van der Waals surface area contributed by atoms with Crippen LogP contribution in [0.5, 0.6) is 0 Å². The minimum Gasteiger partial charge on any atom is -0.444 e. The van der Waals surface area contributed by atoms with E-state index in [9.17, 15) is 14.4 Å². The van der Waals surface area contributed by atoms with Crippen LogP contribution in [0.25, 0.3) is 0 Å². The zero-order valence-electron chi connectivity index (χ0n) is 12.0. The Kier molecular flexibility index (Phi) is 5.80. The average Bonchev–Trinajstić information content (AvgIpc) is 2.36. The second-order valence-corrected chi connectivity index (χ2v) is 6.09. The predicted molar refractivity (Wildman–Crippen MR) is 74.6 cm³/mol. The van der Waals surface area contributed by atoms with Gasteiger partial charge < -0.3 is 19.7 Å². The van der Waals surface area contributed by atoms with Crippen LogP contribution in [0.1, 0.15) is 27.2 Å². The number of amides is 2. The molecule has 0 aliphatic carbocycles. The highest BCUT2D eigenvalue weighted by Gasteiger charge is 2.33. The maximum atomic E-state index is 11.9. The van der Waals surface area contributed by atoms with Crippen molar-refractivity contribution in [3.05, 3.63) is 0 Å². The fourth-order valence-corrected chi connectivity index (χ4v) is 2.11. The Morgan fingerprint density at radius 3 is 2.60 bits per heavy atom. The monoisotopic (exact) mass is 304 g/mol. The van der Waals surface area contributed by atoms with E-state index in [2.05, 4.69) is 5.32 Å². The van der Waals surface area contributed by atoms with Crippen molar-refractivity contribution >= 4 is 29.9 Å². The molecule has 2 atom stereocenters. The van der Waals surface area contributed by atoms with Crippen molar-refractivity contribution in [3.63, 3.8) is 0 Å². The molecule has 0 spiro atoms. The van der Waals surface area contributed by atoms with E-state index < -0.39 is 17.6 Å². The molecule has 1 saturated heterocycles. The van der Waals surface area contributed by atoms with Crippen molar-refractivity contribution in [2.24, 2.45) is 5.92 Å². The maximum absolute atomic E-state index is 11.9. The van der Waals surface area contributed by atoms with E-state index in [1.54, 1.807) is 20.8 Å². The van der Waals surface area contributed by atoms with Crippen LogP contribution < -0.4 is 5.32 Å². The van der Waals surface area contributed by atoms with Gasteiger partial charge in [-0.05, 0) is 27.2 Å². The van der Waals surface area contributed by atoms with Crippen LogP contribution in [0.3, 0.4) is 0 Å². The Bertz CT molecular complexity index is 381. The molecular formula is C13H21ClN2O4. The summed E-state index contributed by atoms with van der Waals surface area (Å²) in [5.74, 6) is -0.893. The highest BCUT2D eigenvalue weighted by atomic mass is 35.5. The summed E-state index contributed by atoms with van der Waals surface area (Å²) in [6, 6.07) is -0.280. The molecule has 0 radical (unpaired) electrons. The number of aldehydes is 1. The average molecular weight is 305 g/mol. The van der Waals surface area contributed by atoms with E-state index in [0.29, 0.717) is 13.0 Å². The molecule has 0 aromatic carbocycles. The number of hydrogen-bond donors (Lipinski definition) is 1. The molecule has 0 aromatic rings. The molecule has 0 aromatic heterocycles. The normalized spacial score (nSPS) is 23.1. The largest absolute Gasteiger partial charge is 0.444 e. The summed E-state index contributed by atoms with van der Waals surface area (Å²) in [6.45, 7) is 6.04. The van der Waals surface area contributed by atoms with Gasteiger partial charge >= 0.3 is 6.09 Å². The third-order valence-corrected chi connectivity index (χ3v) is 3.20. The lowest BCUT2D eigenvalue weighted by Crippen LogP contribution is -2.53. The molecule has 1 heterocycles. The lowest BCUT2D eigenvalue weighted by Gasteiger charge is -2.37. The standard InChI is InChI=1S/C13H21ClN2O4/c1-13(2,3)20-12(19)16-5-4-10(9(7-16)8-17)15-11(18)6-14/h8-10H,4-7H2,1-3H3,(H,15,18). The Balaban J connectivity index is 2.60. The zero-order valence-corrected chi connectivity index (χ0v) is 12.8. The number of halogens is 1. The van der Waals surface area contributed by atoms with Crippen molar-refractivity contribution in [1.82, 2.24) is 10.2 Å². The van der Waals surface area contributed by atoms with Crippen molar-refractivity contribution in [2.45, 2.75) is 38.8 Å². The molecule has 0 saturated carbocycles. The van der Waals surface area contributed by atoms with Gasteiger partial charge in [0.1, 0.15) is 17.8 Å². The van der Waals surface area contributed by atoms with Gasteiger partial charge in [-0.15, -0.1) is 11.6 Å². The molecule has 1 fully saturated rings. The number of nitrogens with zero attached hydrogens (tertiary/aromatic N) is 1. The number of nitrogens with one attached hydrogen (secondary N) is 1. The number of carbonyl (C=O) groups is 3. The molecule has 1 rings (SSSR count). The first kappa shape index (κ1) is 16.8. The first-order chi connectivity index (χ1) is 9.26. The summed E-state index contributed by atoms with van der Waals surface area (Å²) >= 11 is 5.43. The van der Waals surface area contributed by atoms with Crippen LogP contribution in [0, 0.1) is 5.92 Å². The van der Waals surface area contributed by atoms with E-state index in [1.807, 2.05) is 0 Å². The first-order valence-electron chi connectivity index (χ1n) is 6.55. The number of ether oxygens (including phenoxy) is 1. The smallest absolute Gasteiger partial charge is 0.410 e. The lowest BCUT2D eigenvalue weighted by atomic mass is 9.93. The number of rotatable bonds is 3. The third kappa shape index (κ3) is 5.00. The Morgan fingerprint density at radius 2 is 2.10 bits per heavy atom. The van der Waals surface area contributed by atoms with Crippen LogP contribution in [0.2, 0.25) is 0 Å². The van der Waals surface area contributed by atoms with E-state index >= 15 is 0 Å². The summed E-state index contributed by atoms with van der Waals surface area (Å²) in [4.78, 5) is 35.8. The number of carbonyl (C=O) groups excluding carboxylic acids is 3. The number of piperidine rings is 1. The second kappa shape index (κ2) is 6.92. The predicted octanol–water partition coefficient (Wildman–Crippen LogP) is 1.17. The van der Waals surface area contributed by atoms with E-state index in [1.165, 1.54) is 4.90 Å². The van der Waals surface area contributed by atoms with Gasteiger partial charge in [0.15, 0.2) is 0 Å². The molecule has 6 nitrogen and oxygen atoms in total. The van der Waals surface area contributed by atoms with Crippen LogP contribution in [-0.4, -0.2) is 53.8 Å². The fourth-order valence-electron chi connectivity index (χ4n) is 2.04. The van der Waals surface area contributed by atoms with Gasteiger partial charge in [-0.3, -0.25) is 4.79 Å². The minimum atomic E-state index is -0.572. The first-order valence-corrected chi connectivity index (χ1v) is 7.09. The number of alkyl halides is 1. The minimum absolute atomic E-state index is 0.141. The fraction of sp³-hybridized carbons (Fsp3) is 0.769. The Hall–Kier alpha value is -1.30. The molecule has 1 N–H and O–H groups in total. The molecule has 2 amide bonds.